The minimum absolute atomic E-state index is 0.144. The van der Waals surface area contributed by atoms with Crippen LogP contribution in [0.3, 0.4) is 0 Å². The summed E-state index contributed by atoms with van der Waals surface area (Å²) < 4.78 is 15.8. The number of amides is 1. The van der Waals surface area contributed by atoms with Crippen molar-refractivity contribution in [3.63, 3.8) is 0 Å². The highest BCUT2D eigenvalue weighted by molar-refractivity contribution is 5.90. The molecule has 0 aliphatic heterocycles. The molecule has 2 rings (SSSR count). The smallest absolute Gasteiger partial charge is 0.308 e. The van der Waals surface area contributed by atoms with Crippen molar-refractivity contribution >= 4 is 23.3 Å². The fraction of sp³-hybridized carbons (Fsp3) is 0.250. The number of esters is 1. The van der Waals surface area contributed by atoms with Crippen molar-refractivity contribution < 1.29 is 28.9 Å². The van der Waals surface area contributed by atoms with Gasteiger partial charge in [0.25, 0.3) is 0 Å². The summed E-state index contributed by atoms with van der Waals surface area (Å²) in [6.07, 6.45) is 0. The molecule has 4 N–H and O–H groups in total. The number of hydrogen-bond donors (Lipinski definition) is 3. The van der Waals surface area contributed by atoms with Crippen molar-refractivity contribution in [2.75, 3.05) is 24.3 Å². The SMILES string of the molecule is C=C(C)COc1cc(O)ccc1N.C=C(C)COc1cc(OC(C)=O)ccc1NC(C)=O. The number of aromatic hydroxyl groups is 1. The fourth-order valence-electron chi connectivity index (χ4n) is 2.19. The Labute approximate surface area is 188 Å². The van der Waals surface area contributed by atoms with Gasteiger partial charge >= 0.3 is 5.97 Å². The number of phenolic OH excluding ortho intramolecular Hbond substituents is 1. The first-order valence-corrected chi connectivity index (χ1v) is 9.70. The van der Waals surface area contributed by atoms with Crippen LogP contribution in [-0.4, -0.2) is 30.2 Å². The van der Waals surface area contributed by atoms with Gasteiger partial charge in [0.2, 0.25) is 5.91 Å². The van der Waals surface area contributed by atoms with Crippen molar-refractivity contribution in [2.45, 2.75) is 27.7 Å². The lowest BCUT2D eigenvalue weighted by Crippen LogP contribution is -2.09. The third kappa shape index (κ3) is 10.2. The van der Waals surface area contributed by atoms with Gasteiger partial charge in [-0.3, -0.25) is 9.59 Å². The van der Waals surface area contributed by atoms with Gasteiger partial charge in [0.05, 0.1) is 11.4 Å². The third-order valence-electron chi connectivity index (χ3n) is 3.47. The predicted molar refractivity (Wildman–Crippen MR) is 125 cm³/mol. The maximum absolute atomic E-state index is 11.1. The molecule has 2 aromatic rings. The molecule has 32 heavy (non-hydrogen) atoms. The minimum Gasteiger partial charge on any atom is -0.508 e. The van der Waals surface area contributed by atoms with Gasteiger partial charge in [-0.05, 0) is 49.3 Å². The molecule has 0 aliphatic rings. The van der Waals surface area contributed by atoms with Gasteiger partial charge in [-0.15, -0.1) is 0 Å². The van der Waals surface area contributed by atoms with Crippen LogP contribution in [0.5, 0.6) is 23.0 Å². The average molecular weight is 443 g/mol. The van der Waals surface area contributed by atoms with Crippen molar-refractivity contribution in [1.82, 2.24) is 0 Å². The van der Waals surface area contributed by atoms with Crippen LogP contribution in [0.4, 0.5) is 11.4 Å². The highest BCUT2D eigenvalue weighted by Crippen LogP contribution is 2.30. The van der Waals surface area contributed by atoms with E-state index in [0.717, 1.165) is 11.1 Å². The van der Waals surface area contributed by atoms with E-state index in [9.17, 15) is 9.59 Å². The number of carbonyl (C=O) groups excluding carboxylic acids is 2. The quantitative estimate of drug-likeness (QED) is 0.182. The highest BCUT2D eigenvalue weighted by atomic mass is 16.5. The Morgan fingerprint density at radius 3 is 2.06 bits per heavy atom. The number of carbonyl (C=O) groups is 2. The first-order chi connectivity index (χ1) is 15.0. The summed E-state index contributed by atoms with van der Waals surface area (Å²) in [6, 6.07) is 9.35. The Morgan fingerprint density at radius 1 is 0.938 bits per heavy atom. The standard InChI is InChI=1S/C14H17NO4.C10H13NO2/c1-9(2)8-18-14-7-12(19-11(4)17)5-6-13(14)15-10(3)16;1-7(2)6-13-10-5-8(12)3-4-9(10)11/h5-7H,1,8H2,2-4H3,(H,15,16);3-5,12H,1,6,11H2,2H3. The zero-order valence-electron chi connectivity index (χ0n) is 18.9. The Morgan fingerprint density at radius 2 is 1.53 bits per heavy atom. The van der Waals surface area contributed by atoms with Crippen LogP contribution in [0.2, 0.25) is 0 Å². The predicted octanol–water partition coefficient (Wildman–Crippen LogP) is 4.45. The second-order valence-electron chi connectivity index (χ2n) is 7.15. The molecule has 172 valence electrons. The molecule has 1 amide bonds. The molecular formula is C24H30N2O6. The molecule has 2 aromatic carbocycles. The van der Waals surface area contributed by atoms with E-state index >= 15 is 0 Å². The van der Waals surface area contributed by atoms with E-state index in [4.69, 9.17) is 25.1 Å². The summed E-state index contributed by atoms with van der Waals surface area (Å²) in [5.74, 6) is 0.794. The number of benzene rings is 2. The number of rotatable bonds is 8. The van der Waals surface area contributed by atoms with E-state index in [1.165, 1.54) is 26.0 Å². The Kier molecular flexibility index (Phi) is 10.3. The van der Waals surface area contributed by atoms with Crippen molar-refractivity contribution in [3.05, 3.63) is 60.7 Å². The largest absolute Gasteiger partial charge is 0.508 e. The van der Waals surface area contributed by atoms with Gasteiger partial charge in [-0.25, -0.2) is 0 Å². The zero-order chi connectivity index (χ0) is 24.3. The van der Waals surface area contributed by atoms with Gasteiger partial charge in [-0.1, -0.05) is 13.2 Å². The lowest BCUT2D eigenvalue weighted by molar-refractivity contribution is -0.131. The van der Waals surface area contributed by atoms with E-state index < -0.39 is 5.97 Å². The van der Waals surface area contributed by atoms with Gasteiger partial charge in [0.1, 0.15) is 36.2 Å². The summed E-state index contributed by atoms with van der Waals surface area (Å²) in [7, 11) is 0. The van der Waals surface area contributed by atoms with Crippen LogP contribution >= 0.6 is 0 Å². The summed E-state index contributed by atoms with van der Waals surface area (Å²) in [4.78, 5) is 22.0. The zero-order valence-corrected chi connectivity index (χ0v) is 18.9. The normalized spacial score (nSPS) is 9.62. The number of nitrogens with one attached hydrogen (secondary N) is 1. The maximum Gasteiger partial charge on any atom is 0.308 e. The summed E-state index contributed by atoms with van der Waals surface area (Å²) in [5.41, 5.74) is 8.39. The Balaban J connectivity index is 0.000000343. The maximum atomic E-state index is 11.1. The molecule has 0 bridgehead atoms. The van der Waals surface area contributed by atoms with Crippen molar-refractivity contribution in [1.29, 1.82) is 0 Å². The average Bonchev–Trinajstić information content (AvgIpc) is 2.68. The van der Waals surface area contributed by atoms with Gasteiger partial charge in [-0.2, -0.15) is 0 Å². The molecule has 0 aromatic heterocycles. The monoisotopic (exact) mass is 442 g/mol. The molecule has 0 fully saturated rings. The van der Waals surface area contributed by atoms with Crippen LogP contribution in [0.25, 0.3) is 0 Å². The van der Waals surface area contributed by atoms with Gasteiger partial charge in [0, 0.05) is 26.0 Å². The molecule has 0 radical (unpaired) electrons. The first-order valence-electron chi connectivity index (χ1n) is 9.70. The van der Waals surface area contributed by atoms with E-state index in [2.05, 4.69) is 18.5 Å². The van der Waals surface area contributed by atoms with E-state index in [-0.39, 0.29) is 11.7 Å². The Hall–Kier alpha value is -3.94. The number of anilines is 2. The third-order valence-corrected chi connectivity index (χ3v) is 3.47. The molecule has 8 heteroatoms. The molecule has 8 nitrogen and oxygen atoms in total. The van der Waals surface area contributed by atoms with Gasteiger partial charge < -0.3 is 30.4 Å². The molecule has 0 spiro atoms. The summed E-state index contributed by atoms with van der Waals surface area (Å²) >= 11 is 0. The highest BCUT2D eigenvalue weighted by Gasteiger charge is 2.09. The minimum atomic E-state index is -0.418. The molecule has 0 saturated heterocycles. The molecule has 0 heterocycles. The molecule has 0 aliphatic carbocycles. The van der Waals surface area contributed by atoms with Gasteiger partial charge in [0.15, 0.2) is 0 Å². The van der Waals surface area contributed by atoms with E-state index in [1.807, 2.05) is 13.8 Å². The lowest BCUT2D eigenvalue weighted by atomic mass is 10.2. The van der Waals surface area contributed by atoms with Crippen LogP contribution in [0, 0.1) is 0 Å². The van der Waals surface area contributed by atoms with E-state index in [0.29, 0.717) is 41.8 Å². The second-order valence-corrected chi connectivity index (χ2v) is 7.15. The second kappa shape index (κ2) is 12.7. The topological polar surface area (TPSA) is 120 Å². The molecule has 0 unspecified atom stereocenters. The summed E-state index contributed by atoms with van der Waals surface area (Å²) in [6.45, 7) is 14.6. The Bertz CT molecular complexity index is 984. The lowest BCUT2D eigenvalue weighted by Gasteiger charge is -2.13. The van der Waals surface area contributed by atoms with E-state index in [1.54, 1.807) is 24.3 Å². The number of nitrogen functional groups attached to an aromatic ring is 1. The molecular weight excluding hydrogens is 412 g/mol. The first kappa shape index (κ1) is 26.1. The van der Waals surface area contributed by atoms with Crippen LogP contribution in [-0.2, 0) is 9.59 Å². The van der Waals surface area contributed by atoms with Crippen LogP contribution < -0.4 is 25.3 Å². The van der Waals surface area contributed by atoms with Crippen LogP contribution in [0.15, 0.2) is 60.7 Å². The molecule has 0 atom stereocenters. The molecule has 0 saturated carbocycles. The van der Waals surface area contributed by atoms with Crippen LogP contribution in [0.1, 0.15) is 27.7 Å². The summed E-state index contributed by atoms with van der Waals surface area (Å²) in [5, 5.41) is 11.8. The van der Waals surface area contributed by atoms with Crippen molar-refractivity contribution in [2.24, 2.45) is 0 Å². The fourth-order valence-corrected chi connectivity index (χ4v) is 2.19. The number of phenols is 1. The van der Waals surface area contributed by atoms with Crippen molar-refractivity contribution in [3.8, 4) is 23.0 Å². The number of hydrogen-bond acceptors (Lipinski definition) is 7. The number of nitrogens with two attached hydrogens (primary N) is 1. The number of ether oxygens (including phenoxy) is 3.